The van der Waals surface area contributed by atoms with Gasteiger partial charge >= 0.3 is 0 Å². The van der Waals surface area contributed by atoms with Crippen molar-refractivity contribution in [3.63, 3.8) is 0 Å². The van der Waals surface area contributed by atoms with Crippen LogP contribution in [0.4, 0.5) is 0 Å². The fraction of sp³-hybridized carbons (Fsp3) is 0.348. The standard InChI is InChI=1S/C23H27N5O2S.HI/c1-2-24-23(26-14-19-16-30-22(27-19)17-6-4-3-5-7-17)25-11-8-21(29)28-12-9-20-18(15-28)10-13-31-20;/h3-7,10,13,16H,2,8-9,11-12,14-15H2,1H3,(H2,24,25,26);1H. The molecule has 1 aliphatic rings. The Bertz CT molecular complexity index is 1030. The molecule has 9 heteroatoms. The number of rotatable bonds is 7. The first-order valence-corrected chi connectivity index (χ1v) is 11.5. The Morgan fingerprint density at radius 3 is 2.91 bits per heavy atom. The van der Waals surface area contributed by atoms with Crippen molar-refractivity contribution in [2.45, 2.75) is 32.9 Å². The summed E-state index contributed by atoms with van der Waals surface area (Å²) in [7, 11) is 0. The van der Waals surface area contributed by atoms with Crippen molar-refractivity contribution in [3.8, 4) is 11.5 Å². The maximum absolute atomic E-state index is 12.6. The van der Waals surface area contributed by atoms with Crippen molar-refractivity contribution in [1.82, 2.24) is 20.5 Å². The quantitative estimate of drug-likeness (QED) is 0.257. The number of oxazole rings is 1. The fourth-order valence-electron chi connectivity index (χ4n) is 3.50. The van der Waals surface area contributed by atoms with E-state index in [1.165, 1.54) is 10.4 Å². The predicted molar refractivity (Wildman–Crippen MR) is 138 cm³/mol. The van der Waals surface area contributed by atoms with Gasteiger partial charge in [-0.25, -0.2) is 9.98 Å². The molecule has 170 valence electrons. The molecule has 32 heavy (non-hydrogen) atoms. The molecule has 0 radical (unpaired) electrons. The minimum absolute atomic E-state index is 0. The molecular weight excluding hydrogens is 537 g/mol. The molecule has 2 aromatic heterocycles. The van der Waals surface area contributed by atoms with Crippen LogP contribution in [0.25, 0.3) is 11.5 Å². The number of amides is 1. The van der Waals surface area contributed by atoms with Crippen LogP contribution >= 0.6 is 35.3 Å². The second-order valence-electron chi connectivity index (χ2n) is 7.32. The Morgan fingerprint density at radius 2 is 2.09 bits per heavy atom. The van der Waals surface area contributed by atoms with Crippen LogP contribution in [-0.2, 0) is 24.3 Å². The van der Waals surface area contributed by atoms with Gasteiger partial charge in [0, 0.05) is 43.0 Å². The van der Waals surface area contributed by atoms with Crippen LogP contribution in [0.3, 0.4) is 0 Å². The van der Waals surface area contributed by atoms with Crippen molar-refractivity contribution < 1.29 is 9.21 Å². The van der Waals surface area contributed by atoms with E-state index in [0.717, 1.165) is 37.3 Å². The average molecular weight is 565 g/mol. The Hall–Kier alpha value is -2.40. The molecule has 0 spiro atoms. The van der Waals surface area contributed by atoms with Gasteiger partial charge in [0.25, 0.3) is 0 Å². The van der Waals surface area contributed by atoms with Crippen LogP contribution in [0.1, 0.15) is 29.5 Å². The molecule has 3 aromatic rings. The van der Waals surface area contributed by atoms with Gasteiger partial charge < -0.3 is 20.0 Å². The lowest BCUT2D eigenvalue weighted by atomic mass is 10.1. The third-order valence-corrected chi connectivity index (χ3v) is 6.13. The SMILES string of the molecule is CCNC(=NCc1coc(-c2ccccc2)n1)NCCC(=O)N1CCc2sccc2C1.I. The zero-order valence-electron chi connectivity index (χ0n) is 18.0. The lowest BCUT2D eigenvalue weighted by Gasteiger charge is -2.27. The Labute approximate surface area is 209 Å². The monoisotopic (exact) mass is 565 g/mol. The molecular formula is C23H28IN5O2S. The number of fused-ring (bicyclic) bond motifs is 1. The summed E-state index contributed by atoms with van der Waals surface area (Å²) in [6.45, 7) is 5.20. The highest BCUT2D eigenvalue weighted by molar-refractivity contribution is 14.0. The number of thiophene rings is 1. The molecule has 1 aromatic carbocycles. The Morgan fingerprint density at radius 1 is 1.25 bits per heavy atom. The number of nitrogens with one attached hydrogen (secondary N) is 2. The number of hydrogen-bond acceptors (Lipinski definition) is 5. The number of benzene rings is 1. The lowest BCUT2D eigenvalue weighted by Crippen LogP contribution is -2.41. The van der Waals surface area contributed by atoms with Gasteiger partial charge in [-0.3, -0.25) is 4.79 Å². The van der Waals surface area contributed by atoms with E-state index in [2.05, 4.69) is 32.1 Å². The molecule has 0 fully saturated rings. The van der Waals surface area contributed by atoms with Gasteiger partial charge in [0.05, 0.1) is 6.54 Å². The number of aliphatic imine (C=N–C) groups is 1. The number of aromatic nitrogens is 1. The zero-order chi connectivity index (χ0) is 21.5. The average Bonchev–Trinajstić information content (AvgIpc) is 3.47. The molecule has 0 unspecified atom stereocenters. The normalized spacial score (nSPS) is 13.3. The van der Waals surface area contributed by atoms with Crippen LogP contribution in [0.15, 0.2) is 57.5 Å². The first-order valence-electron chi connectivity index (χ1n) is 10.6. The van der Waals surface area contributed by atoms with E-state index in [4.69, 9.17) is 4.42 Å². The molecule has 4 rings (SSSR count). The number of carbonyl (C=O) groups is 1. The highest BCUT2D eigenvalue weighted by Crippen LogP contribution is 2.24. The summed E-state index contributed by atoms with van der Waals surface area (Å²) in [4.78, 5) is 25.0. The second kappa shape index (κ2) is 12.0. The van der Waals surface area contributed by atoms with E-state index in [-0.39, 0.29) is 29.9 Å². The summed E-state index contributed by atoms with van der Waals surface area (Å²) in [5, 5.41) is 8.57. The summed E-state index contributed by atoms with van der Waals surface area (Å²) in [5.41, 5.74) is 2.98. The molecule has 0 saturated carbocycles. The van der Waals surface area contributed by atoms with Gasteiger partial charge in [0.15, 0.2) is 5.96 Å². The molecule has 0 aliphatic carbocycles. The molecule has 0 atom stereocenters. The van der Waals surface area contributed by atoms with E-state index < -0.39 is 0 Å². The summed E-state index contributed by atoms with van der Waals surface area (Å²) in [5.74, 6) is 1.42. The van der Waals surface area contributed by atoms with Gasteiger partial charge in [0.2, 0.25) is 11.8 Å². The molecule has 7 nitrogen and oxygen atoms in total. The maximum Gasteiger partial charge on any atom is 0.226 e. The predicted octanol–water partition coefficient (Wildman–Crippen LogP) is 4.05. The first-order chi connectivity index (χ1) is 15.2. The van der Waals surface area contributed by atoms with Crippen LogP contribution in [-0.4, -0.2) is 41.4 Å². The summed E-state index contributed by atoms with van der Waals surface area (Å²) >= 11 is 1.78. The zero-order valence-corrected chi connectivity index (χ0v) is 21.2. The Kier molecular flexibility index (Phi) is 9.10. The number of guanidine groups is 1. The molecule has 3 heterocycles. The number of carbonyl (C=O) groups excluding carboxylic acids is 1. The van der Waals surface area contributed by atoms with Crippen molar-refractivity contribution in [1.29, 1.82) is 0 Å². The van der Waals surface area contributed by atoms with Crippen molar-refractivity contribution in [2.75, 3.05) is 19.6 Å². The maximum atomic E-state index is 12.6. The van der Waals surface area contributed by atoms with Gasteiger partial charge in [-0.05, 0) is 42.5 Å². The topological polar surface area (TPSA) is 82.8 Å². The molecule has 1 aliphatic heterocycles. The van der Waals surface area contributed by atoms with E-state index >= 15 is 0 Å². The highest BCUT2D eigenvalue weighted by atomic mass is 127. The molecule has 1 amide bonds. The summed E-state index contributed by atoms with van der Waals surface area (Å²) in [6.07, 6.45) is 3.03. The van der Waals surface area contributed by atoms with E-state index in [1.807, 2.05) is 42.2 Å². The summed E-state index contributed by atoms with van der Waals surface area (Å²) in [6, 6.07) is 11.9. The fourth-order valence-corrected chi connectivity index (χ4v) is 4.39. The largest absolute Gasteiger partial charge is 0.444 e. The molecule has 2 N–H and O–H groups in total. The van der Waals surface area contributed by atoms with Crippen LogP contribution < -0.4 is 10.6 Å². The summed E-state index contributed by atoms with van der Waals surface area (Å²) < 4.78 is 5.57. The minimum Gasteiger partial charge on any atom is -0.444 e. The van der Waals surface area contributed by atoms with Gasteiger partial charge in [0.1, 0.15) is 12.0 Å². The van der Waals surface area contributed by atoms with E-state index in [1.54, 1.807) is 17.6 Å². The van der Waals surface area contributed by atoms with Gasteiger partial charge in [-0.2, -0.15) is 0 Å². The third kappa shape index (κ3) is 6.32. The number of nitrogens with zero attached hydrogens (tertiary/aromatic N) is 3. The van der Waals surface area contributed by atoms with E-state index in [9.17, 15) is 4.79 Å². The van der Waals surface area contributed by atoms with Crippen molar-refractivity contribution in [3.05, 3.63) is 64.2 Å². The van der Waals surface area contributed by atoms with Crippen LogP contribution in [0, 0.1) is 0 Å². The van der Waals surface area contributed by atoms with Crippen molar-refractivity contribution >= 4 is 47.2 Å². The smallest absolute Gasteiger partial charge is 0.226 e. The Balaban J connectivity index is 0.00000289. The van der Waals surface area contributed by atoms with Gasteiger partial charge in [-0.1, -0.05) is 18.2 Å². The third-order valence-electron chi connectivity index (χ3n) is 5.11. The molecule has 0 saturated heterocycles. The number of halogens is 1. The molecule has 0 bridgehead atoms. The minimum atomic E-state index is 0. The lowest BCUT2D eigenvalue weighted by molar-refractivity contribution is -0.131. The first kappa shape index (κ1) is 24.2. The number of hydrogen-bond donors (Lipinski definition) is 2. The van der Waals surface area contributed by atoms with E-state index in [0.29, 0.717) is 31.4 Å². The highest BCUT2D eigenvalue weighted by Gasteiger charge is 2.21. The van der Waals surface area contributed by atoms with Gasteiger partial charge in [-0.15, -0.1) is 35.3 Å². The van der Waals surface area contributed by atoms with Crippen molar-refractivity contribution in [2.24, 2.45) is 4.99 Å². The van der Waals surface area contributed by atoms with Crippen LogP contribution in [0.5, 0.6) is 0 Å². The second-order valence-corrected chi connectivity index (χ2v) is 8.32. The van der Waals surface area contributed by atoms with Crippen LogP contribution in [0.2, 0.25) is 0 Å².